The molecule has 1 aromatic carbocycles. The van der Waals surface area contributed by atoms with Crippen LogP contribution in [0.15, 0.2) is 24.3 Å². The number of rotatable bonds is 4. The SMILES string of the molecule is CC(Oc1ccccc1Cl)C(=O)N1C[C@@H]2CCC[C@@]2(C(=O)O)C1. The zero-order chi connectivity index (χ0) is 16.6. The van der Waals surface area contributed by atoms with Crippen molar-refractivity contribution >= 4 is 23.5 Å². The lowest BCUT2D eigenvalue weighted by Gasteiger charge is -2.25. The topological polar surface area (TPSA) is 66.8 Å². The zero-order valence-electron chi connectivity index (χ0n) is 13.0. The average Bonchev–Trinajstić information content (AvgIpc) is 3.06. The second-order valence-electron chi connectivity index (χ2n) is 6.46. The molecule has 3 rings (SSSR count). The number of benzene rings is 1. The van der Waals surface area contributed by atoms with E-state index in [9.17, 15) is 14.7 Å². The normalized spacial score (nSPS) is 27.6. The monoisotopic (exact) mass is 337 g/mol. The molecule has 23 heavy (non-hydrogen) atoms. The molecule has 1 aliphatic heterocycles. The Bertz CT molecular complexity index is 635. The molecule has 2 fully saturated rings. The summed E-state index contributed by atoms with van der Waals surface area (Å²) in [7, 11) is 0. The maximum Gasteiger partial charge on any atom is 0.311 e. The third-order valence-corrected chi connectivity index (χ3v) is 5.41. The Hall–Kier alpha value is -1.75. The lowest BCUT2D eigenvalue weighted by Crippen LogP contribution is -2.42. The molecular weight excluding hydrogens is 318 g/mol. The number of ether oxygens (including phenoxy) is 1. The summed E-state index contributed by atoms with van der Waals surface area (Å²) in [6.07, 6.45) is 1.75. The molecule has 1 N–H and O–H groups in total. The number of carbonyl (C=O) groups excluding carboxylic acids is 1. The molecule has 1 aliphatic carbocycles. The lowest BCUT2D eigenvalue weighted by atomic mass is 9.81. The third kappa shape index (κ3) is 2.78. The number of halogens is 1. The molecule has 0 bridgehead atoms. The van der Waals surface area contributed by atoms with E-state index in [1.807, 2.05) is 0 Å². The zero-order valence-corrected chi connectivity index (χ0v) is 13.8. The fraction of sp³-hybridized carbons (Fsp3) is 0.529. The fourth-order valence-corrected chi connectivity index (χ4v) is 4.03. The number of likely N-dealkylation sites (tertiary alicyclic amines) is 1. The van der Waals surface area contributed by atoms with E-state index in [-0.39, 0.29) is 18.4 Å². The molecule has 124 valence electrons. The molecule has 0 radical (unpaired) electrons. The highest BCUT2D eigenvalue weighted by molar-refractivity contribution is 6.32. The average molecular weight is 338 g/mol. The minimum absolute atomic E-state index is 0.0523. The molecule has 1 saturated heterocycles. The molecule has 1 aromatic rings. The number of hydrogen-bond acceptors (Lipinski definition) is 3. The molecule has 5 nitrogen and oxygen atoms in total. The first-order valence-electron chi connectivity index (χ1n) is 7.87. The first kappa shape index (κ1) is 16.1. The fourth-order valence-electron chi connectivity index (χ4n) is 3.85. The van der Waals surface area contributed by atoms with Gasteiger partial charge < -0.3 is 14.7 Å². The standard InChI is InChI=1S/C17H20ClNO4/c1-11(23-14-7-3-2-6-13(14)18)15(20)19-9-12-5-4-8-17(12,10-19)16(21)22/h2-3,6-7,11-12H,4-5,8-10H2,1H3,(H,21,22)/t11?,12-,17+/m0/s1. The van der Waals surface area contributed by atoms with E-state index in [0.29, 0.717) is 23.7 Å². The number of amides is 1. The predicted octanol–water partition coefficient (Wildman–Crippen LogP) is 2.82. The van der Waals surface area contributed by atoms with Crippen molar-refractivity contribution in [1.82, 2.24) is 4.90 Å². The van der Waals surface area contributed by atoms with Gasteiger partial charge in [0.1, 0.15) is 5.75 Å². The van der Waals surface area contributed by atoms with Crippen LogP contribution in [0.5, 0.6) is 5.75 Å². The Morgan fingerprint density at radius 3 is 2.83 bits per heavy atom. The van der Waals surface area contributed by atoms with Crippen molar-refractivity contribution in [2.45, 2.75) is 32.3 Å². The highest BCUT2D eigenvalue weighted by Crippen LogP contribution is 2.49. The van der Waals surface area contributed by atoms with E-state index in [1.54, 1.807) is 36.1 Å². The Kier molecular flexibility index (Phi) is 4.23. The van der Waals surface area contributed by atoms with Gasteiger partial charge in [0.15, 0.2) is 6.10 Å². The molecule has 6 heteroatoms. The highest BCUT2D eigenvalue weighted by Gasteiger charge is 2.56. The molecule has 1 heterocycles. The first-order chi connectivity index (χ1) is 10.9. The van der Waals surface area contributed by atoms with Crippen LogP contribution in [0.25, 0.3) is 0 Å². The maximum atomic E-state index is 12.6. The first-order valence-corrected chi connectivity index (χ1v) is 8.25. The van der Waals surface area contributed by atoms with Crippen molar-refractivity contribution < 1.29 is 19.4 Å². The molecule has 2 aliphatic rings. The van der Waals surface area contributed by atoms with Crippen molar-refractivity contribution in [1.29, 1.82) is 0 Å². The number of hydrogen-bond donors (Lipinski definition) is 1. The summed E-state index contributed by atoms with van der Waals surface area (Å²) in [6, 6.07) is 7.00. The third-order valence-electron chi connectivity index (χ3n) is 5.10. The van der Waals surface area contributed by atoms with Crippen LogP contribution >= 0.6 is 11.6 Å². The number of para-hydroxylation sites is 1. The molecule has 1 amide bonds. The summed E-state index contributed by atoms with van der Waals surface area (Å²) in [5.74, 6) is -0.450. The van der Waals surface area contributed by atoms with Crippen LogP contribution in [0.3, 0.4) is 0 Å². The second-order valence-corrected chi connectivity index (χ2v) is 6.87. The largest absolute Gasteiger partial charge is 0.481 e. The van der Waals surface area contributed by atoms with Crippen molar-refractivity contribution in [3.05, 3.63) is 29.3 Å². The summed E-state index contributed by atoms with van der Waals surface area (Å²) < 4.78 is 5.66. The van der Waals surface area contributed by atoms with Gasteiger partial charge in [-0.3, -0.25) is 9.59 Å². The molecule has 1 unspecified atom stereocenters. The van der Waals surface area contributed by atoms with E-state index in [2.05, 4.69) is 0 Å². The molecule has 0 aromatic heterocycles. The number of aliphatic carboxylic acids is 1. The highest BCUT2D eigenvalue weighted by atomic mass is 35.5. The van der Waals surface area contributed by atoms with Gasteiger partial charge in [-0.25, -0.2) is 0 Å². The smallest absolute Gasteiger partial charge is 0.311 e. The van der Waals surface area contributed by atoms with Crippen molar-refractivity contribution in [3.63, 3.8) is 0 Å². The van der Waals surface area contributed by atoms with Gasteiger partial charge >= 0.3 is 5.97 Å². The van der Waals surface area contributed by atoms with E-state index in [1.165, 1.54) is 0 Å². The van der Waals surface area contributed by atoms with E-state index in [0.717, 1.165) is 12.8 Å². The van der Waals surface area contributed by atoms with E-state index < -0.39 is 17.5 Å². The predicted molar refractivity (Wildman–Crippen MR) is 85.5 cm³/mol. The molecule has 0 spiro atoms. The Labute approximate surface area is 140 Å². The van der Waals surface area contributed by atoms with Gasteiger partial charge in [0.25, 0.3) is 5.91 Å². The maximum absolute atomic E-state index is 12.6. The van der Waals surface area contributed by atoms with Gasteiger partial charge in [-0.15, -0.1) is 0 Å². The van der Waals surface area contributed by atoms with Crippen LogP contribution < -0.4 is 4.74 Å². The number of carboxylic acids is 1. The van der Waals surface area contributed by atoms with Crippen LogP contribution in [0.4, 0.5) is 0 Å². The molecule has 1 saturated carbocycles. The summed E-state index contributed by atoms with van der Waals surface area (Å²) in [5, 5.41) is 10.0. The number of nitrogens with zero attached hydrogens (tertiary/aromatic N) is 1. The van der Waals surface area contributed by atoms with Crippen LogP contribution in [-0.2, 0) is 9.59 Å². The van der Waals surface area contributed by atoms with Gasteiger partial charge in [0.2, 0.25) is 0 Å². The number of fused-ring (bicyclic) bond motifs is 1. The summed E-state index contributed by atoms with van der Waals surface area (Å²) in [4.78, 5) is 26.0. The van der Waals surface area contributed by atoms with Gasteiger partial charge in [-0.1, -0.05) is 30.2 Å². The number of carboxylic acid groups (broad SMARTS) is 1. The summed E-state index contributed by atoms with van der Waals surface area (Å²) >= 11 is 6.05. The van der Waals surface area contributed by atoms with Gasteiger partial charge in [0.05, 0.1) is 10.4 Å². The van der Waals surface area contributed by atoms with Crippen LogP contribution in [0.2, 0.25) is 5.02 Å². The van der Waals surface area contributed by atoms with Crippen LogP contribution in [0.1, 0.15) is 26.2 Å². The Morgan fingerprint density at radius 2 is 2.17 bits per heavy atom. The van der Waals surface area contributed by atoms with Gasteiger partial charge in [-0.05, 0) is 37.8 Å². The summed E-state index contributed by atoms with van der Waals surface area (Å²) in [6.45, 7) is 2.45. The Balaban J connectivity index is 1.69. The quantitative estimate of drug-likeness (QED) is 0.917. The second kappa shape index (κ2) is 6.04. The number of carbonyl (C=O) groups is 2. The minimum atomic E-state index is -0.782. The Morgan fingerprint density at radius 1 is 1.43 bits per heavy atom. The van der Waals surface area contributed by atoms with Crippen LogP contribution in [0, 0.1) is 11.3 Å². The lowest BCUT2D eigenvalue weighted by molar-refractivity contribution is -0.150. The van der Waals surface area contributed by atoms with Crippen molar-refractivity contribution in [3.8, 4) is 5.75 Å². The minimum Gasteiger partial charge on any atom is -0.481 e. The molecule has 3 atom stereocenters. The van der Waals surface area contributed by atoms with E-state index >= 15 is 0 Å². The van der Waals surface area contributed by atoms with Gasteiger partial charge in [-0.2, -0.15) is 0 Å². The van der Waals surface area contributed by atoms with E-state index in [4.69, 9.17) is 16.3 Å². The van der Waals surface area contributed by atoms with Crippen LogP contribution in [-0.4, -0.2) is 41.1 Å². The van der Waals surface area contributed by atoms with Gasteiger partial charge in [0, 0.05) is 13.1 Å². The molecular formula is C17H20ClNO4. The van der Waals surface area contributed by atoms with Crippen molar-refractivity contribution in [2.24, 2.45) is 11.3 Å². The van der Waals surface area contributed by atoms with Crippen molar-refractivity contribution in [2.75, 3.05) is 13.1 Å². The summed E-state index contributed by atoms with van der Waals surface area (Å²) in [5.41, 5.74) is -0.764.